The van der Waals surface area contributed by atoms with Gasteiger partial charge in [0, 0.05) is 18.1 Å². The van der Waals surface area contributed by atoms with E-state index in [0.717, 1.165) is 16.1 Å². The molecule has 0 aromatic heterocycles. The van der Waals surface area contributed by atoms with Gasteiger partial charge in [-0.3, -0.25) is 4.79 Å². The molecule has 1 aromatic carbocycles. The molecule has 0 spiro atoms. The predicted octanol–water partition coefficient (Wildman–Crippen LogP) is 2.90. The summed E-state index contributed by atoms with van der Waals surface area (Å²) in [6, 6.07) is 6.04. The minimum atomic E-state index is -3.70. The maximum atomic E-state index is 12.5. The van der Waals surface area contributed by atoms with Crippen molar-refractivity contribution in [2.75, 3.05) is 13.6 Å². The number of halogens is 1. The Morgan fingerprint density at radius 1 is 1.28 bits per heavy atom. The Hall–Kier alpha value is -1.11. The highest BCUT2D eigenvalue weighted by Gasteiger charge is 2.42. The number of nitrogens with one attached hydrogen (secondary N) is 1. The van der Waals surface area contributed by atoms with Crippen LogP contribution < -0.4 is 5.32 Å². The number of fused-ring (bicyclic) bond motifs is 2. The topological polar surface area (TPSA) is 66.5 Å². The minimum absolute atomic E-state index is 0.0921. The van der Waals surface area contributed by atoms with E-state index in [9.17, 15) is 13.2 Å². The van der Waals surface area contributed by atoms with Crippen molar-refractivity contribution in [3.63, 3.8) is 0 Å². The van der Waals surface area contributed by atoms with E-state index in [0.29, 0.717) is 10.9 Å². The fourth-order valence-electron chi connectivity index (χ4n) is 4.39. The predicted molar refractivity (Wildman–Crippen MR) is 97.8 cm³/mol. The summed E-state index contributed by atoms with van der Waals surface area (Å²) in [6.45, 7) is 1.85. The first-order valence-corrected chi connectivity index (χ1v) is 10.6. The molecule has 1 aromatic rings. The highest BCUT2D eigenvalue weighted by Crippen LogP contribution is 2.49. The lowest BCUT2D eigenvalue weighted by Crippen LogP contribution is -2.45. The van der Waals surface area contributed by atoms with Crippen LogP contribution in [0.25, 0.3) is 0 Å². The number of sulfonamides is 1. The van der Waals surface area contributed by atoms with Crippen molar-refractivity contribution in [2.24, 2.45) is 17.8 Å². The Balaban J connectivity index is 1.57. The Bertz CT molecular complexity index is 735. The zero-order valence-corrected chi connectivity index (χ0v) is 16.2. The molecule has 2 bridgehead atoms. The van der Waals surface area contributed by atoms with Crippen LogP contribution in [0, 0.1) is 17.8 Å². The molecule has 2 fully saturated rings. The second-order valence-electron chi connectivity index (χ2n) is 7.41. The van der Waals surface area contributed by atoms with Crippen molar-refractivity contribution in [3.05, 3.63) is 29.3 Å². The molecule has 1 N–H and O–H groups in total. The van der Waals surface area contributed by atoms with E-state index < -0.39 is 10.0 Å². The van der Waals surface area contributed by atoms with Gasteiger partial charge in [-0.05, 0) is 68.2 Å². The van der Waals surface area contributed by atoms with Crippen LogP contribution in [0.4, 0.5) is 0 Å². The van der Waals surface area contributed by atoms with E-state index in [1.807, 2.05) is 6.92 Å². The molecule has 3 rings (SSSR count). The van der Waals surface area contributed by atoms with Crippen molar-refractivity contribution in [3.8, 4) is 0 Å². The highest BCUT2D eigenvalue weighted by atomic mass is 35.5. The zero-order valence-electron chi connectivity index (χ0n) is 14.6. The third-order valence-corrected chi connectivity index (χ3v) is 7.78. The molecule has 2 aliphatic rings. The first kappa shape index (κ1) is 18.7. The summed E-state index contributed by atoms with van der Waals surface area (Å²) in [5, 5.41) is 3.48. The lowest BCUT2D eigenvalue weighted by atomic mass is 9.84. The summed E-state index contributed by atoms with van der Waals surface area (Å²) in [7, 11) is -2.28. The van der Waals surface area contributed by atoms with Gasteiger partial charge < -0.3 is 5.32 Å². The van der Waals surface area contributed by atoms with Crippen LogP contribution in [-0.4, -0.2) is 38.3 Å². The van der Waals surface area contributed by atoms with Crippen molar-refractivity contribution < 1.29 is 13.2 Å². The van der Waals surface area contributed by atoms with E-state index in [2.05, 4.69) is 5.32 Å². The first-order valence-electron chi connectivity index (χ1n) is 8.78. The van der Waals surface area contributed by atoms with Crippen LogP contribution in [0.3, 0.4) is 0 Å². The monoisotopic (exact) mass is 384 g/mol. The van der Waals surface area contributed by atoms with Crippen LogP contribution in [-0.2, 0) is 14.8 Å². The molecule has 0 unspecified atom stereocenters. The second kappa shape index (κ2) is 7.25. The number of rotatable bonds is 6. The quantitative estimate of drug-likeness (QED) is 0.820. The van der Waals surface area contributed by atoms with Crippen molar-refractivity contribution in [1.29, 1.82) is 0 Å². The van der Waals surface area contributed by atoms with Gasteiger partial charge in [-0.2, -0.15) is 4.31 Å². The van der Waals surface area contributed by atoms with E-state index in [4.69, 9.17) is 11.6 Å². The van der Waals surface area contributed by atoms with Gasteiger partial charge >= 0.3 is 0 Å². The summed E-state index contributed by atoms with van der Waals surface area (Å²) in [5.74, 6) is 1.81. The summed E-state index contributed by atoms with van der Waals surface area (Å²) in [4.78, 5) is 12.5. The molecule has 0 saturated heterocycles. The number of likely N-dealkylation sites (N-methyl/N-ethyl adjacent to an activating group) is 1. The summed E-state index contributed by atoms with van der Waals surface area (Å²) in [6.07, 6.45) is 5.06. The van der Waals surface area contributed by atoms with Gasteiger partial charge in [0.25, 0.3) is 0 Å². The molecular weight excluding hydrogens is 360 g/mol. The summed E-state index contributed by atoms with van der Waals surface area (Å²) >= 11 is 5.80. The van der Waals surface area contributed by atoms with Gasteiger partial charge in [0.05, 0.1) is 11.4 Å². The molecule has 2 aliphatic carbocycles. The number of amides is 1. The Labute approximate surface area is 154 Å². The van der Waals surface area contributed by atoms with E-state index >= 15 is 0 Å². The maximum Gasteiger partial charge on any atom is 0.243 e. The normalized spacial score (nSPS) is 26.8. The number of nitrogens with zero attached hydrogens (tertiary/aromatic N) is 1. The molecule has 2 saturated carbocycles. The second-order valence-corrected chi connectivity index (χ2v) is 9.89. The van der Waals surface area contributed by atoms with Crippen LogP contribution >= 0.6 is 11.6 Å². The van der Waals surface area contributed by atoms with E-state index in [1.54, 1.807) is 0 Å². The van der Waals surface area contributed by atoms with Crippen LogP contribution in [0.2, 0.25) is 5.02 Å². The third-order valence-electron chi connectivity index (χ3n) is 5.71. The molecule has 7 heteroatoms. The number of benzene rings is 1. The number of carbonyl (C=O) groups excluding carboxylic acids is 1. The minimum Gasteiger partial charge on any atom is -0.352 e. The maximum absolute atomic E-state index is 12.5. The van der Waals surface area contributed by atoms with Gasteiger partial charge in [-0.25, -0.2) is 8.42 Å². The number of hydrogen-bond acceptors (Lipinski definition) is 3. The van der Waals surface area contributed by atoms with Gasteiger partial charge in [-0.15, -0.1) is 0 Å². The van der Waals surface area contributed by atoms with Gasteiger partial charge in [0.1, 0.15) is 0 Å². The SMILES string of the molecule is C[C@H](NC(=O)CN(C)S(=O)(=O)c1ccc(Cl)cc1)[C@@H]1C[C@H]2CC[C@H]1C2. The Morgan fingerprint density at radius 2 is 1.96 bits per heavy atom. The molecule has 138 valence electrons. The molecular formula is C18H25ClN2O3S. The van der Waals surface area contributed by atoms with E-state index in [1.165, 1.54) is 57.0 Å². The molecule has 5 nitrogen and oxygen atoms in total. The summed E-state index contributed by atoms with van der Waals surface area (Å²) < 4.78 is 26.1. The molecule has 4 atom stereocenters. The average Bonchev–Trinajstić information content (AvgIpc) is 3.18. The smallest absolute Gasteiger partial charge is 0.243 e. The number of hydrogen-bond donors (Lipinski definition) is 1. The third kappa shape index (κ3) is 4.01. The van der Waals surface area contributed by atoms with Gasteiger partial charge in [0.2, 0.25) is 15.9 Å². The number of carbonyl (C=O) groups is 1. The molecule has 0 heterocycles. The van der Waals surface area contributed by atoms with Crippen LogP contribution in [0.5, 0.6) is 0 Å². The van der Waals surface area contributed by atoms with Crippen molar-refractivity contribution >= 4 is 27.5 Å². The van der Waals surface area contributed by atoms with Gasteiger partial charge in [-0.1, -0.05) is 18.0 Å². The molecule has 1 amide bonds. The Morgan fingerprint density at radius 3 is 2.52 bits per heavy atom. The lowest BCUT2D eigenvalue weighted by molar-refractivity contribution is -0.122. The van der Waals surface area contributed by atoms with E-state index in [-0.39, 0.29) is 23.4 Å². The van der Waals surface area contributed by atoms with Crippen molar-refractivity contribution in [2.45, 2.75) is 43.5 Å². The summed E-state index contributed by atoms with van der Waals surface area (Å²) in [5.41, 5.74) is 0. The molecule has 0 aliphatic heterocycles. The largest absolute Gasteiger partial charge is 0.352 e. The standard InChI is InChI=1S/C18H25ClN2O3S/c1-12(17-10-13-3-4-14(17)9-13)20-18(22)11-21(2)25(23,24)16-7-5-15(19)6-8-16/h5-8,12-14,17H,3-4,9-11H2,1-2H3,(H,20,22)/t12-,13-,14-,17-/m0/s1. The fourth-order valence-corrected chi connectivity index (χ4v) is 5.64. The molecule has 25 heavy (non-hydrogen) atoms. The Kier molecular flexibility index (Phi) is 5.42. The average molecular weight is 385 g/mol. The van der Waals surface area contributed by atoms with Crippen LogP contribution in [0.1, 0.15) is 32.6 Å². The van der Waals surface area contributed by atoms with Crippen molar-refractivity contribution in [1.82, 2.24) is 9.62 Å². The van der Waals surface area contributed by atoms with Gasteiger partial charge in [0.15, 0.2) is 0 Å². The molecule has 0 radical (unpaired) electrons. The first-order chi connectivity index (χ1) is 11.8. The zero-order chi connectivity index (χ0) is 18.2. The van der Waals surface area contributed by atoms with Crippen LogP contribution in [0.15, 0.2) is 29.2 Å². The lowest BCUT2D eigenvalue weighted by Gasteiger charge is -2.29. The fraction of sp³-hybridized carbons (Fsp3) is 0.611. The highest BCUT2D eigenvalue weighted by molar-refractivity contribution is 7.89.